The molecule has 1 amide bonds. The average Bonchev–Trinajstić information content (AvgIpc) is 3.15. The predicted molar refractivity (Wildman–Crippen MR) is 82.6 cm³/mol. The van der Waals surface area contributed by atoms with Gasteiger partial charge in [0.1, 0.15) is 5.82 Å². The summed E-state index contributed by atoms with van der Waals surface area (Å²) in [7, 11) is 3.27. The third-order valence-electron chi connectivity index (χ3n) is 3.00. The molecule has 3 aromatic rings. The largest absolute Gasteiger partial charge is 0.342 e. The molecule has 0 bridgehead atoms. The molecule has 1 aromatic carbocycles. The van der Waals surface area contributed by atoms with Crippen molar-refractivity contribution >= 4 is 17.2 Å². The topological polar surface area (TPSA) is 51.0 Å². The summed E-state index contributed by atoms with van der Waals surface area (Å²) < 4.78 is 15.0. The van der Waals surface area contributed by atoms with E-state index in [1.165, 1.54) is 33.1 Å². The molecule has 5 nitrogen and oxygen atoms in total. The molecule has 0 unspecified atom stereocenters. The van der Waals surface area contributed by atoms with E-state index >= 15 is 0 Å². The summed E-state index contributed by atoms with van der Waals surface area (Å²) in [5.74, 6) is -0.0676. The highest BCUT2D eigenvalue weighted by molar-refractivity contribution is 7.13. The van der Waals surface area contributed by atoms with Gasteiger partial charge in [0.25, 0.3) is 5.91 Å². The van der Waals surface area contributed by atoms with Crippen LogP contribution in [0, 0.1) is 5.82 Å². The van der Waals surface area contributed by atoms with Gasteiger partial charge >= 0.3 is 0 Å². The molecule has 0 fully saturated rings. The maximum atomic E-state index is 13.5. The Balaban J connectivity index is 2.17. The van der Waals surface area contributed by atoms with Gasteiger partial charge in [0.15, 0.2) is 5.82 Å². The van der Waals surface area contributed by atoms with Gasteiger partial charge in [0.05, 0.1) is 10.6 Å². The van der Waals surface area contributed by atoms with Crippen molar-refractivity contribution in [1.29, 1.82) is 0 Å². The Hall–Kier alpha value is -2.54. The number of carbonyl (C=O) groups excluding carboxylic acids is 1. The van der Waals surface area contributed by atoms with Crippen LogP contribution in [0.5, 0.6) is 0 Å². The molecule has 3 rings (SSSR count). The van der Waals surface area contributed by atoms with Crippen molar-refractivity contribution in [3.63, 3.8) is 0 Å². The van der Waals surface area contributed by atoms with Gasteiger partial charge < -0.3 is 4.90 Å². The van der Waals surface area contributed by atoms with Crippen LogP contribution in [0.1, 0.15) is 10.6 Å². The van der Waals surface area contributed by atoms with Crippen molar-refractivity contribution in [3.05, 3.63) is 53.4 Å². The van der Waals surface area contributed by atoms with E-state index in [0.29, 0.717) is 11.5 Å². The molecule has 0 N–H and O–H groups in total. The maximum absolute atomic E-state index is 13.5. The number of hydrogen-bond acceptors (Lipinski definition) is 4. The molecule has 22 heavy (non-hydrogen) atoms. The first-order valence-electron chi connectivity index (χ1n) is 6.55. The monoisotopic (exact) mass is 316 g/mol. The number of halogens is 1. The fourth-order valence-corrected chi connectivity index (χ4v) is 2.65. The summed E-state index contributed by atoms with van der Waals surface area (Å²) in [4.78, 5) is 18.7. The Labute approximate surface area is 130 Å². The van der Waals surface area contributed by atoms with Gasteiger partial charge in [-0.1, -0.05) is 12.1 Å². The van der Waals surface area contributed by atoms with Crippen LogP contribution in [0.25, 0.3) is 16.4 Å². The van der Waals surface area contributed by atoms with E-state index < -0.39 is 0 Å². The summed E-state index contributed by atoms with van der Waals surface area (Å²) in [6.07, 6.45) is 0. The molecule has 0 spiro atoms. The summed E-state index contributed by atoms with van der Waals surface area (Å²) in [5.41, 5.74) is 0.522. The fraction of sp³-hybridized carbons (Fsp3) is 0.133. The van der Waals surface area contributed by atoms with Crippen molar-refractivity contribution in [1.82, 2.24) is 19.7 Å². The Morgan fingerprint density at radius 1 is 1.27 bits per heavy atom. The summed E-state index contributed by atoms with van der Waals surface area (Å²) in [6, 6.07) is 9.80. The number of amides is 1. The minimum absolute atomic E-state index is 0.0812. The highest BCUT2D eigenvalue weighted by atomic mass is 32.1. The molecule has 0 radical (unpaired) electrons. The number of carbonyl (C=O) groups is 1. The Bertz CT molecular complexity index is 811. The minimum Gasteiger partial charge on any atom is -0.342 e. The molecule has 112 valence electrons. The van der Waals surface area contributed by atoms with Gasteiger partial charge in [0.2, 0.25) is 5.82 Å². The van der Waals surface area contributed by atoms with Gasteiger partial charge in [-0.25, -0.2) is 14.1 Å². The Morgan fingerprint density at radius 3 is 2.73 bits per heavy atom. The van der Waals surface area contributed by atoms with Crippen LogP contribution >= 0.6 is 11.3 Å². The number of aromatic nitrogens is 3. The lowest BCUT2D eigenvalue weighted by Crippen LogP contribution is -2.23. The van der Waals surface area contributed by atoms with Crippen molar-refractivity contribution in [2.24, 2.45) is 0 Å². The standard InChI is InChI=1S/C15H13FN4OS/c1-19(2)15(21)13-17-14(12-7-4-8-22-12)20(18-13)11-6-3-5-10(16)9-11/h3-9H,1-2H3. The number of benzene rings is 1. The fourth-order valence-electron chi connectivity index (χ4n) is 1.96. The molecule has 2 aromatic heterocycles. The molecular formula is C15H13FN4OS. The van der Waals surface area contributed by atoms with Gasteiger partial charge in [-0.15, -0.1) is 16.4 Å². The zero-order chi connectivity index (χ0) is 15.7. The highest BCUT2D eigenvalue weighted by Gasteiger charge is 2.20. The van der Waals surface area contributed by atoms with Crippen LogP contribution in [-0.2, 0) is 0 Å². The van der Waals surface area contributed by atoms with Crippen molar-refractivity contribution < 1.29 is 9.18 Å². The van der Waals surface area contributed by atoms with Crippen LogP contribution in [0.4, 0.5) is 4.39 Å². The molecule has 0 saturated heterocycles. The molecular weight excluding hydrogens is 303 g/mol. The van der Waals surface area contributed by atoms with Crippen LogP contribution < -0.4 is 0 Å². The van der Waals surface area contributed by atoms with E-state index in [0.717, 1.165) is 4.88 Å². The van der Waals surface area contributed by atoms with E-state index in [1.54, 1.807) is 26.2 Å². The Morgan fingerprint density at radius 2 is 2.09 bits per heavy atom. The Kier molecular flexibility index (Phi) is 3.72. The van der Waals surface area contributed by atoms with Gasteiger partial charge in [-0.3, -0.25) is 4.79 Å². The number of rotatable bonds is 3. The number of nitrogens with zero attached hydrogens (tertiary/aromatic N) is 4. The second kappa shape index (κ2) is 5.69. The first-order chi connectivity index (χ1) is 10.6. The lowest BCUT2D eigenvalue weighted by atomic mass is 10.3. The van der Waals surface area contributed by atoms with Crippen LogP contribution in [-0.4, -0.2) is 39.7 Å². The second-order valence-electron chi connectivity index (χ2n) is 4.83. The second-order valence-corrected chi connectivity index (χ2v) is 5.78. The van der Waals surface area contributed by atoms with Gasteiger partial charge in [0, 0.05) is 14.1 Å². The summed E-state index contributed by atoms with van der Waals surface area (Å²) >= 11 is 1.48. The third-order valence-corrected chi connectivity index (χ3v) is 3.86. The highest BCUT2D eigenvalue weighted by Crippen LogP contribution is 2.26. The quantitative estimate of drug-likeness (QED) is 0.746. The molecule has 0 aliphatic carbocycles. The van der Waals surface area contributed by atoms with E-state index in [4.69, 9.17) is 0 Å². The molecule has 0 aliphatic rings. The molecule has 2 heterocycles. The third kappa shape index (κ3) is 2.62. The first kappa shape index (κ1) is 14.4. The van der Waals surface area contributed by atoms with Crippen LogP contribution in [0.15, 0.2) is 41.8 Å². The van der Waals surface area contributed by atoms with Crippen molar-refractivity contribution in [3.8, 4) is 16.4 Å². The van der Waals surface area contributed by atoms with Crippen molar-refractivity contribution in [2.75, 3.05) is 14.1 Å². The number of thiophene rings is 1. The normalized spacial score (nSPS) is 10.7. The van der Waals surface area contributed by atoms with Gasteiger partial charge in [-0.2, -0.15) is 0 Å². The van der Waals surface area contributed by atoms with Crippen molar-refractivity contribution in [2.45, 2.75) is 0 Å². The van der Waals surface area contributed by atoms with Gasteiger partial charge in [-0.05, 0) is 29.6 Å². The first-order valence-corrected chi connectivity index (χ1v) is 7.43. The van der Waals surface area contributed by atoms with E-state index in [-0.39, 0.29) is 17.5 Å². The lowest BCUT2D eigenvalue weighted by Gasteiger charge is -2.05. The maximum Gasteiger partial charge on any atom is 0.293 e. The SMILES string of the molecule is CN(C)C(=O)c1nc(-c2cccs2)n(-c2cccc(F)c2)n1. The zero-order valence-electron chi connectivity index (χ0n) is 12.0. The zero-order valence-corrected chi connectivity index (χ0v) is 12.8. The van der Waals surface area contributed by atoms with E-state index in [9.17, 15) is 9.18 Å². The molecule has 0 aliphatic heterocycles. The summed E-state index contributed by atoms with van der Waals surface area (Å²) in [5, 5.41) is 6.16. The molecule has 7 heteroatoms. The predicted octanol–water partition coefficient (Wildman–Crippen LogP) is 2.84. The molecule has 0 atom stereocenters. The van der Waals surface area contributed by atoms with Crippen LogP contribution in [0.3, 0.4) is 0 Å². The number of hydrogen-bond donors (Lipinski definition) is 0. The average molecular weight is 316 g/mol. The molecule has 0 saturated carbocycles. The summed E-state index contributed by atoms with van der Waals surface area (Å²) in [6.45, 7) is 0. The van der Waals surface area contributed by atoms with E-state index in [2.05, 4.69) is 10.1 Å². The smallest absolute Gasteiger partial charge is 0.293 e. The van der Waals surface area contributed by atoms with E-state index in [1.807, 2.05) is 17.5 Å². The minimum atomic E-state index is -0.370. The van der Waals surface area contributed by atoms with Crippen LogP contribution in [0.2, 0.25) is 0 Å². The lowest BCUT2D eigenvalue weighted by molar-refractivity contribution is 0.0816.